The molecule has 0 spiro atoms. The van der Waals surface area contributed by atoms with Crippen molar-refractivity contribution >= 4 is 0 Å². The predicted octanol–water partition coefficient (Wildman–Crippen LogP) is 3.36. The lowest BCUT2D eigenvalue weighted by atomic mass is 9.84. The van der Waals surface area contributed by atoms with Gasteiger partial charge < -0.3 is 5.11 Å². The van der Waals surface area contributed by atoms with Crippen molar-refractivity contribution in [2.75, 3.05) is 0 Å². The highest BCUT2D eigenvalue weighted by Crippen LogP contribution is 2.33. The Hall–Kier alpha value is -0.960. The molecule has 16 heavy (non-hydrogen) atoms. The summed E-state index contributed by atoms with van der Waals surface area (Å²) >= 11 is 0. The van der Waals surface area contributed by atoms with Gasteiger partial charge in [-0.15, -0.1) is 0 Å². The zero-order valence-electron chi connectivity index (χ0n) is 9.87. The zero-order chi connectivity index (χ0) is 12.3. The summed E-state index contributed by atoms with van der Waals surface area (Å²) in [7, 11) is 0. The Morgan fingerprint density at radius 3 is 2.12 bits per heavy atom. The molecule has 0 bridgehead atoms. The van der Waals surface area contributed by atoms with Gasteiger partial charge in [-0.2, -0.15) is 0 Å². The smallest absolute Gasteiger partial charge is 0.244 e. The molecule has 0 amide bonds. The zero-order valence-corrected chi connectivity index (χ0v) is 9.87. The molecule has 0 fully saturated rings. The van der Waals surface area contributed by atoms with Gasteiger partial charge in [0.1, 0.15) is 0 Å². The van der Waals surface area contributed by atoms with Crippen LogP contribution in [0.15, 0.2) is 24.3 Å². The molecule has 0 saturated carbocycles. The van der Waals surface area contributed by atoms with Gasteiger partial charge in [-0.25, -0.2) is 8.78 Å². The quantitative estimate of drug-likeness (QED) is 0.837. The third-order valence-electron chi connectivity index (χ3n) is 3.21. The van der Waals surface area contributed by atoms with Crippen LogP contribution < -0.4 is 0 Å². The molecule has 0 aliphatic carbocycles. The Bertz CT molecular complexity index is 330. The van der Waals surface area contributed by atoms with Crippen molar-refractivity contribution in [3.05, 3.63) is 35.4 Å². The molecule has 1 aromatic carbocycles. The summed E-state index contributed by atoms with van der Waals surface area (Å²) in [4.78, 5) is 0. The molecule has 0 heterocycles. The minimum Gasteiger partial charge on any atom is -0.385 e. The lowest BCUT2D eigenvalue weighted by molar-refractivity contribution is -0.0696. The monoisotopic (exact) mass is 228 g/mol. The van der Waals surface area contributed by atoms with Crippen LogP contribution in [-0.4, -0.2) is 11.5 Å². The number of benzene rings is 1. The molecule has 1 aromatic rings. The second-order valence-corrected chi connectivity index (χ2v) is 4.32. The minimum absolute atomic E-state index is 0.539. The van der Waals surface area contributed by atoms with E-state index in [4.69, 9.17) is 0 Å². The standard InChI is InChI=1S/C13H18F2O/c1-4-10-5-7-11(8-6-10)13(3,16)9(2)12(14)15/h5-9,12,16H,4H2,1-3H3. The summed E-state index contributed by atoms with van der Waals surface area (Å²) in [6.45, 7) is 4.82. The number of rotatable bonds is 4. The lowest BCUT2D eigenvalue weighted by Crippen LogP contribution is -2.34. The SMILES string of the molecule is CCc1ccc(C(C)(O)C(C)C(F)F)cc1. The van der Waals surface area contributed by atoms with E-state index < -0.39 is 17.9 Å². The van der Waals surface area contributed by atoms with Crippen molar-refractivity contribution < 1.29 is 13.9 Å². The van der Waals surface area contributed by atoms with Crippen LogP contribution in [0, 0.1) is 5.92 Å². The molecule has 3 heteroatoms. The van der Waals surface area contributed by atoms with Crippen LogP contribution in [0.25, 0.3) is 0 Å². The molecular formula is C13H18F2O. The average molecular weight is 228 g/mol. The third-order valence-corrected chi connectivity index (χ3v) is 3.21. The van der Waals surface area contributed by atoms with E-state index in [1.165, 1.54) is 13.8 Å². The summed E-state index contributed by atoms with van der Waals surface area (Å²) in [6, 6.07) is 7.17. The van der Waals surface area contributed by atoms with E-state index in [0.717, 1.165) is 12.0 Å². The highest BCUT2D eigenvalue weighted by atomic mass is 19.3. The number of hydrogen-bond donors (Lipinski definition) is 1. The normalized spacial score (nSPS) is 17.2. The Morgan fingerprint density at radius 2 is 1.75 bits per heavy atom. The molecule has 2 unspecified atom stereocenters. The largest absolute Gasteiger partial charge is 0.385 e. The average Bonchev–Trinajstić information content (AvgIpc) is 2.28. The molecular weight excluding hydrogens is 210 g/mol. The summed E-state index contributed by atoms with van der Waals surface area (Å²) in [5, 5.41) is 10.1. The fourth-order valence-electron chi connectivity index (χ4n) is 1.59. The molecule has 0 aromatic heterocycles. The van der Waals surface area contributed by atoms with Crippen LogP contribution in [0.1, 0.15) is 31.9 Å². The Morgan fingerprint density at radius 1 is 1.25 bits per heavy atom. The first-order valence-corrected chi connectivity index (χ1v) is 5.49. The van der Waals surface area contributed by atoms with Crippen molar-refractivity contribution in [2.24, 2.45) is 5.92 Å². The second-order valence-electron chi connectivity index (χ2n) is 4.32. The fraction of sp³-hybridized carbons (Fsp3) is 0.538. The minimum atomic E-state index is -2.53. The van der Waals surface area contributed by atoms with Crippen molar-refractivity contribution in [1.82, 2.24) is 0 Å². The van der Waals surface area contributed by atoms with E-state index in [9.17, 15) is 13.9 Å². The molecule has 2 atom stereocenters. The van der Waals surface area contributed by atoms with E-state index in [2.05, 4.69) is 0 Å². The van der Waals surface area contributed by atoms with Gasteiger partial charge in [0.2, 0.25) is 6.43 Å². The van der Waals surface area contributed by atoms with Gasteiger partial charge in [0, 0.05) is 5.92 Å². The molecule has 1 nitrogen and oxygen atoms in total. The van der Waals surface area contributed by atoms with Crippen LogP contribution in [0.5, 0.6) is 0 Å². The third kappa shape index (κ3) is 2.59. The van der Waals surface area contributed by atoms with Gasteiger partial charge in [-0.05, 0) is 24.5 Å². The maximum absolute atomic E-state index is 12.6. The van der Waals surface area contributed by atoms with E-state index >= 15 is 0 Å². The van der Waals surface area contributed by atoms with Crippen LogP contribution in [-0.2, 0) is 12.0 Å². The number of hydrogen-bond acceptors (Lipinski definition) is 1. The van der Waals surface area contributed by atoms with Crippen molar-refractivity contribution in [3.63, 3.8) is 0 Å². The molecule has 0 aliphatic heterocycles. The van der Waals surface area contributed by atoms with Crippen molar-refractivity contribution in [2.45, 2.75) is 39.2 Å². The highest BCUT2D eigenvalue weighted by molar-refractivity contribution is 5.27. The second kappa shape index (κ2) is 4.91. The predicted molar refractivity (Wildman–Crippen MR) is 60.6 cm³/mol. The lowest BCUT2D eigenvalue weighted by Gasteiger charge is -2.30. The van der Waals surface area contributed by atoms with E-state index in [-0.39, 0.29) is 0 Å². The molecule has 0 saturated heterocycles. The molecule has 90 valence electrons. The van der Waals surface area contributed by atoms with Crippen LogP contribution in [0.2, 0.25) is 0 Å². The fourth-order valence-corrected chi connectivity index (χ4v) is 1.59. The first-order valence-electron chi connectivity index (χ1n) is 5.49. The highest BCUT2D eigenvalue weighted by Gasteiger charge is 2.36. The van der Waals surface area contributed by atoms with Gasteiger partial charge in [0.15, 0.2) is 0 Å². The summed E-state index contributed by atoms with van der Waals surface area (Å²) in [6.07, 6.45) is -1.63. The van der Waals surface area contributed by atoms with Crippen molar-refractivity contribution in [1.29, 1.82) is 0 Å². The first kappa shape index (κ1) is 13.1. The summed E-state index contributed by atoms with van der Waals surface area (Å²) < 4.78 is 25.2. The first-order chi connectivity index (χ1) is 7.39. The number of aryl methyl sites for hydroxylation is 1. The van der Waals surface area contributed by atoms with Gasteiger partial charge in [-0.1, -0.05) is 38.1 Å². The van der Waals surface area contributed by atoms with Gasteiger partial charge >= 0.3 is 0 Å². The van der Waals surface area contributed by atoms with Gasteiger partial charge in [0.05, 0.1) is 5.60 Å². The number of halogens is 2. The summed E-state index contributed by atoms with van der Waals surface area (Å²) in [5.41, 5.74) is 0.183. The number of alkyl halides is 2. The van der Waals surface area contributed by atoms with Crippen molar-refractivity contribution in [3.8, 4) is 0 Å². The Balaban J connectivity index is 2.97. The maximum Gasteiger partial charge on any atom is 0.244 e. The van der Waals surface area contributed by atoms with E-state index in [1.54, 1.807) is 12.1 Å². The van der Waals surface area contributed by atoms with Crippen LogP contribution in [0.4, 0.5) is 8.78 Å². The Kier molecular flexibility index (Phi) is 4.03. The molecule has 0 aliphatic rings. The van der Waals surface area contributed by atoms with Crippen LogP contribution >= 0.6 is 0 Å². The number of aliphatic hydroxyl groups is 1. The topological polar surface area (TPSA) is 20.2 Å². The van der Waals surface area contributed by atoms with E-state index in [0.29, 0.717) is 5.56 Å². The molecule has 0 radical (unpaired) electrons. The molecule has 1 N–H and O–H groups in total. The van der Waals surface area contributed by atoms with Crippen LogP contribution in [0.3, 0.4) is 0 Å². The molecule has 1 rings (SSSR count). The van der Waals surface area contributed by atoms with Gasteiger partial charge in [-0.3, -0.25) is 0 Å². The maximum atomic E-state index is 12.6. The van der Waals surface area contributed by atoms with E-state index in [1.807, 2.05) is 19.1 Å². The van der Waals surface area contributed by atoms with Gasteiger partial charge in [0.25, 0.3) is 0 Å². The Labute approximate surface area is 95.1 Å². The summed E-state index contributed by atoms with van der Waals surface area (Å²) in [5.74, 6) is -1.08.